The van der Waals surface area contributed by atoms with Crippen molar-refractivity contribution in [3.8, 4) is 0 Å². The first-order valence-electron chi connectivity index (χ1n) is 7.41. The van der Waals surface area contributed by atoms with Crippen LogP contribution in [0.1, 0.15) is 18.9 Å². The van der Waals surface area contributed by atoms with Gasteiger partial charge in [0.15, 0.2) is 0 Å². The number of anilines is 2. The standard InChI is InChI=1S/C15H21N5O2S/c1-2-9-18-15-19-11-8-14(20-15)17-10-7-12-3-5-13(6-4-12)23(16,21)22/h3-6,8,11H,2,7,9-10H2,1H3,(H2,16,21,22)(H2,17,18,19,20). The summed E-state index contributed by atoms with van der Waals surface area (Å²) < 4.78 is 22.4. The monoisotopic (exact) mass is 335 g/mol. The van der Waals surface area contributed by atoms with Crippen molar-refractivity contribution in [2.75, 3.05) is 23.7 Å². The number of hydrogen-bond donors (Lipinski definition) is 3. The highest BCUT2D eigenvalue weighted by Crippen LogP contribution is 2.10. The minimum atomic E-state index is -3.64. The van der Waals surface area contributed by atoms with Gasteiger partial charge in [-0.1, -0.05) is 19.1 Å². The molecule has 1 aromatic heterocycles. The first kappa shape index (κ1) is 17.2. The fourth-order valence-electron chi connectivity index (χ4n) is 1.96. The fraction of sp³-hybridized carbons (Fsp3) is 0.333. The predicted molar refractivity (Wildman–Crippen MR) is 90.8 cm³/mol. The second-order valence-electron chi connectivity index (χ2n) is 5.06. The van der Waals surface area contributed by atoms with Crippen LogP contribution in [0.2, 0.25) is 0 Å². The average Bonchev–Trinajstić information content (AvgIpc) is 2.53. The Balaban J connectivity index is 1.87. The lowest BCUT2D eigenvalue weighted by atomic mass is 10.1. The summed E-state index contributed by atoms with van der Waals surface area (Å²) in [6, 6.07) is 8.36. The highest BCUT2D eigenvalue weighted by atomic mass is 32.2. The lowest BCUT2D eigenvalue weighted by molar-refractivity contribution is 0.598. The number of sulfonamides is 1. The van der Waals surface area contributed by atoms with E-state index >= 15 is 0 Å². The molecule has 0 spiro atoms. The third kappa shape index (κ3) is 5.50. The van der Waals surface area contributed by atoms with Crippen LogP contribution in [-0.4, -0.2) is 31.5 Å². The normalized spacial score (nSPS) is 11.2. The van der Waals surface area contributed by atoms with E-state index in [9.17, 15) is 8.42 Å². The van der Waals surface area contributed by atoms with E-state index in [1.807, 2.05) is 0 Å². The molecule has 0 saturated heterocycles. The zero-order valence-electron chi connectivity index (χ0n) is 13.0. The molecular formula is C15H21N5O2S. The van der Waals surface area contributed by atoms with Gasteiger partial charge in [-0.05, 0) is 36.6 Å². The SMILES string of the molecule is CCCNc1nccc(NCCc2ccc(S(N)(=O)=O)cc2)n1. The Morgan fingerprint density at radius 2 is 1.83 bits per heavy atom. The fourth-order valence-corrected chi connectivity index (χ4v) is 2.48. The molecule has 0 aliphatic carbocycles. The number of nitrogens with zero attached hydrogens (tertiary/aromatic N) is 2. The van der Waals surface area contributed by atoms with Gasteiger partial charge >= 0.3 is 0 Å². The number of nitrogens with two attached hydrogens (primary N) is 1. The summed E-state index contributed by atoms with van der Waals surface area (Å²) in [4.78, 5) is 8.63. The van der Waals surface area contributed by atoms with E-state index in [-0.39, 0.29) is 4.90 Å². The lowest BCUT2D eigenvalue weighted by Gasteiger charge is -2.08. The zero-order chi connectivity index (χ0) is 16.7. The summed E-state index contributed by atoms with van der Waals surface area (Å²) in [5.41, 5.74) is 1.02. The van der Waals surface area contributed by atoms with Gasteiger partial charge in [0.1, 0.15) is 5.82 Å². The van der Waals surface area contributed by atoms with Gasteiger partial charge in [-0.2, -0.15) is 4.98 Å². The number of nitrogens with one attached hydrogen (secondary N) is 2. The third-order valence-electron chi connectivity index (χ3n) is 3.16. The molecular weight excluding hydrogens is 314 g/mol. The molecule has 4 N–H and O–H groups in total. The van der Waals surface area contributed by atoms with Crippen LogP contribution in [0.25, 0.3) is 0 Å². The maximum Gasteiger partial charge on any atom is 0.238 e. The van der Waals surface area contributed by atoms with Crippen LogP contribution in [0, 0.1) is 0 Å². The smallest absolute Gasteiger partial charge is 0.238 e. The first-order valence-corrected chi connectivity index (χ1v) is 8.96. The molecule has 1 heterocycles. The van der Waals surface area contributed by atoms with Gasteiger partial charge in [0.05, 0.1) is 4.90 Å². The van der Waals surface area contributed by atoms with Crippen molar-refractivity contribution in [1.82, 2.24) is 9.97 Å². The Morgan fingerprint density at radius 3 is 2.48 bits per heavy atom. The second-order valence-corrected chi connectivity index (χ2v) is 6.62. The van der Waals surface area contributed by atoms with Gasteiger partial charge in [-0.15, -0.1) is 0 Å². The van der Waals surface area contributed by atoms with Crippen LogP contribution >= 0.6 is 0 Å². The molecule has 0 radical (unpaired) electrons. The van der Waals surface area contributed by atoms with Crippen LogP contribution in [0.4, 0.5) is 11.8 Å². The van der Waals surface area contributed by atoms with E-state index in [1.165, 1.54) is 12.1 Å². The van der Waals surface area contributed by atoms with Gasteiger partial charge in [0, 0.05) is 19.3 Å². The molecule has 7 nitrogen and oxygen atoms in total. The van der Waals surface area contributed by atoms with E-state index in [4.69, 9.17) is 5.14 Å². The Kier molecular flexibility index (Phi) is 5.89. The molecule has 0 amide bonds. The van der Waals surface area contributed by atoms with Crippen LogP contribution in [0.3, 0.4) is 0 Å². The summed E-state index contributed by atoms with van der Waals surface area (Å²) in [5, 5.41) is 11.4. The molecule has 0 unspecified atom stereocenters. The number of rotatable bonds is 8. The summed E-state index contributed by atoms with van der Waals surface area (Å²) >= 11 is 0. The van der Waals surface area contributed by atoms with Gasteiger partial charge in [-0.3, -0.25) is 0 Å². The molecule has 124 valence electrons. The highest BCUT2D eigenvalue weighted by molar-refractivity contribution is 7.89. The summed E-state index contributed by atoms with van der Waals surface area (Å²) in [6.45, 7) is 3.59. The Hall–Kier alpha value is -2.19. The summed E-state index contributed by atoms with van der Waals surface area (Å²) in [5.74, 6) is 1.36. The molecule has 8 heteroatoms. The van der Waals surface area contributed by atoms with Crippen molar-refractivity contribution in [3.05, 3.63) is 42.1 Å². The van der Waals surface area contributed by atoms with Gasteiger partial charge < -0.3 is 10.6 Å². The van der Waals surface area contributed by atoms with Crippen molar-refractivity contribution < 1.29 is 8.42 Å². The van der Waals surface area contributed by atoms with Crippen molar-refractivity contribution >= 4 is 21.8 Å². The maximum atomic E-state index is 11.2. The highest BCUT2D eigenvalue weighted by Gasteiger charge is 2.06. The van der Waals surface area contributed by atoms with Gasteiger partial charge in [-0.25, -0.2) is 18.5 Å². The lowest BCUT2D eigenvalue weighted by Crippen LogP contribution is -2.12. The minimum Gasteiger partial charge on any atom is -0.370 e. The molecule has 0 aliphatic rings. The van der Waals surface area contributed by atoms with E-state index < -0.39 is 10.0 Å². The molecule has 1 aromatic carbocycles. The second kappa shape index (κ2) is 7.89. The van der Waals surface area contributed by atoms with E-state index in [0.29, 0.717) is 12.5 Å². The molecule has 2 rings (SSSR count). The molecule has 2 aromatic rings. The number of hydrogen-bond acceptors (Lipinski definition) is 6. The number of primary sulfonamides is 1. The van der Waals surface area contributed by atoms with E-state index in [1.54, 1.807) is 24.4 Å². The third-order valence-corrected chi connectivity index (χ3v) is 4.09. The first-order chi connectivity index (χ1) is 11.0. The minimum absolute atomic E-state index is 0.122. The van der Waals surface area contributed by atoms with Crippen LogP contribution < -0.4 is 15.8 Å². The number of aromatic nitrogens is 2. The molecule has 0 bridgehead atoms. The molecule has 0 saturated carbocycles. The van der Waals surface area contributed by atoms with Crippen LogP contribution in [0.5, 0.6) is 0 Å². The molecule has 23 heavy (non-hydrogen) atoms. The quantitative estimate of drug-likeness (QED) is 0.676. The Morgan fingerprint density at radius 1 is 1.09 bits per heavy atom. The largest absolute Gasteiger partial charge is 0.370 e. The van der Waals surface area contributed by atoms with E-state index in [2.05, 4.69) is 27.5 Å². The van der Waals surface area contributed by atoms with Crippen molar-refractivity contribution in [3.63, 3.8) is 0 Å². The van der Waals surface area contributed by atoms with Crippen molar-refractivity contribution in [2.45, 2.75) is 24.7 Å². The molecule has 0 atom stereocenters. The Labute approximate surface area is 136 Å². The summed E-state index contributed by atoms with van der Waals surface area (Å²) in [7, 11) is -3.64. The summed E-state index contributed by atoms with van der Waals surface area (Å²) in [6.07, 6.45) is 3.45. The predicted octanol–water partition coefficient (Wildman–Crippen LogP) is 1.60. The zero-order valence-corrected chi connectivity index (χ0v) is 13.8. The Bertz CT molecular complexity index is 732. The number of benzene rings is 1. The van der Waals surface area contributed by atoms with Crippen LogP contribution in [0.15, 0.2) is 41.4 Å². The topological polar surface area (TPSA) is 110 Å². The van der Waals surface area contributed by atoms with E-state index in [0.717, 1.165) is 30.8 Å². The van der Waals surface area contributed by atoms with Gasteiger partial charge in [0.25, 0.3) is 0 Å². The average molecular weight is 335 g/mol. The van der Waals surface area contributed by atoms with Crippen molar-refractivity contribution in [1.29, 1.82) is 0 Å². The molecule has 0 fully saturated rings. The van der Waals surface area contributed by atoms with Crippen LogP contribution in [-0.2, 0) is 16.4 Å². The maximum absolute atomic E-state index is 11.2. The molecule has 0 aliphatic heterocycles. The van der Waals surface area contributed by atoms with Crippen molar-refractivity contribution in [2.24, 2.45) is 5.14 Å². The van der Waals surface area contributed by atoms with Gasteiger partial charge in [0.2, 0.25) is 16.0 Å².